The zero-order valence-corrected chi connectivity index (χ0v) is 28.9. The highest BCUT2D eigenvalue weighted by Gasteiger charge is 2.26. The van der Waals surface area contributed by atoms with E-state index in [-0.39, 0.29) is 0 Å². The van der Waals surface area contributed by atoms with Crippen LogP contribution in [0.1, 0.15) is 12.0 Å². The maximum absolute atomic E-state index is 6.28. The van der Waals surface area contributed by atoms with Crippen molar-refractivity contribution in [2.45, 2.75) is 12.8 Å². The molecule has 0 fully saturated rings. The summed E-state index contributed by atoms with van der Waals surface area (Å²) < 4.78 is 42.6. The molecule has 0 spiro atoms. The van der Waals surface area contributed by atoms with Crippen molar-refractivity contribution in [2.24, 2.45) is 0 Å². The third-order valence-electron chi connectivity index (χ3n) is 8.81. The molecule has 0 aliphatic carbocycles. The van der Waals surface area contributed by atoms with Gasteiger partial charge in [-0.1, -0.05) is 0 Å². The summed E-state index contributed by atoms with van der Waals surface area (Å²) in [6, 6.07) is 13.6. The molecule has 4 aliphatic rings. The Kier molecular flexibility index (Phi) is 7.06. The molecule has 7 nitrogen and oxygen atoms in total. The molecule has 0 atom stereocenters. The summed E-state index contributed by atoms with van der Waals surface area (Å²) in [5.41, 5.74) is 7.79. The van der Waals surface area contributed by atoms with E-state index in [2.05, 4.69) is 47.2 Å². The predicted octanol–water partition coefficient (Wildman–Crippen LogP) is 9.91. The number of ether oxygens (including phenoxy) is 7. The van der Waals surface area contributed by atoms with Crippen molar-refractivity contribution < 1.29 is 33.2 Å². The third-order valence-corrected chi connectivity index (χ3v) is 12.8. The Bertz CT molecular complexity index is 1890. The van der Waals surface area contributed by atoms with Crippen LogP contribution in [-0.2, 0) is 6.42 Å². The molecule has 242 valence electrons. The van der Waals surface area contributed by atoms with Gasteiger partial charge in [0.15, 0.2) is 34.5 Å². The molecule has 2 aromatic carbocycles. The van der Waals surface area contributed by atoms with Gasteiger partial charge in [-0.15, -0.1) is 45.3 Å². The Morgan fingerprint density at radius 1 is 0.354 bits per heavy atom. The van der Waals surface area contributed by atoms with Crippen LogP contribution in [-0.4, -0.2) is 46.2 Å². The molecule has 0 saturated carbocycles. The summed E-state index contributed by atoms with van der Waals surface area (Å²) in [6.45, 7) is 4.01. The fourth-order valence-electron chi connectivity index (χ4n) is 6.65. The average molecular weight is 713 g/mol. The van der Waals surface area contributed by atoms with Crippen molar-refractivity contribution in [1.82, 2.24) is 0 Å². The van der Waals surface area contributed by atoms with E-state index in [0.717, 1.165) is 113 Å². The zero-order chi connectivity index (χ0) is 31.6. The lowest BCUT2D eigenvalue weighted by molar-refractivity contribution is 0.174. The van der Waals surface area contributed by atoms with E-state index in [1.165, 1.54) is 5.56 Å². The minimum absolute atomic E-state index is 0.530. The van der Waals surface area contributed by atoms with Gasteiger partial charge in [0, 0.05) is 21.7 Å². The van der Waals surface area contributed by atoms with Gasteiger partial charge in [-0.2, -0.15) is 0 Å². The molecule has 0 saturated heterocycles. The zero-order valence-electron chi connectivity index (χ0n) is 25.6. The summed E-state index contributed by atoms with van der Waals surface area (Å²) >= 11 is 6.70. The van der Waals surface area contributed by atoms with E-state index >= 15 is 0 Å². The van der Waals surface area contributed by atoms with Gasteiger partial charge in [0.25, 0.3) is 0 Å². The topological polar surface area (TPSA) is 64.6 Å². The highest BCUT2D eigenvalue weighted by atomic mass is 32.1. The van der Waals surface area contributed by atoms with Gasteiger partial charge in [0.2, 0.25) is 0 Å². The van der Waals surface area contributed by atoms with E-state index in [9.17, 15) is 0 Å². The molecule has 0 bridgehead atoms. The lowest BCUT2D eigenvalue weighted by atomic mass is 9.94. The molecule has 48 heavy (non-hydrogen) atoms. The van der Waals surface area contributed by atoms with Gasteiger partial charge in [-0.25, -0.2) is 0 Å². The second-order valence-corrected chi connectivity index (χ2v) is 15.4. The van der Waals surface area contributed by atoms with Crippen molar-refractivity contribution >= 4 is 45.3 Å². The first-order valence-electron chi connectivity index (χ1n) is 15.9. The van der Waals surface area contributed by atoms with E-state index in [4.69, 9.17) is 33.2 Å². The highest BCUT2D eigenvalue weighted by Crippen LogP contribution is 2.52. The first kappa shape index (κ1) is 28.8. The normalized spacial score (nSPS) is 15.9. The van der Waals surface area contributed by atoms with Crippen LogP contribution in [0.2, 0.25) is 0 Å². The summed E-state index contributed by atoms with van der Waals surface area (Å²) in [5, 5.41) is 8.39. The van der Waals surface area contributed by atoms with Crippen molar-refractivity contribution in [3.8, 4) is 93.1 Å². The maximum Gasteiger partial charge on any atom is 0.179 e. The fourth-order valence-corrected chi connectivity index (χ4v) is 10.4. The molecule has 6 aromatic rings. The molecule has 0 N–H and O–H groups in total. The number of benzene rings is 2. The summed E-state index contributed by atoms with van der Waals surface area (Å²) in [6.07, 6.45) is 2.09. The second kappa shape index (κ2) is 11.8. The lowest BCUT2D eigenvalue weighted by Crippen LogP contribution is -2.14. The summed E-state index contributed by atoms with van der Waals surface area (Å²) in [7, 11) is 0. The van der Waals surface area contributed by atoms with Crippen LogP contribution in [0.15, 0.2) is 57.9 Å². The molecule has 11 heteroatoms. The van der Waals surface area contributed by atoms with Gasteiger partial charge >= 0.3 is 0 Å². The Balaban J connectivity index is 1.19. The van der Waals surface area contributed by atoms with E-state index in [1.807, 2.05) is 10.8 Å². The summed E-state index contributed by atoms with van der Waals surface area (Å²) in [4.78, 5) is 4.31. The van der Waals surface area contributed by atoms with E-state index in [1.54, 1.807) is 45.3 Å². The van der Waals surface area contributed by atoms with Crippen molar-refractivity contribution in [3.05, 3.63) is 63.5 Å². The predicted molar refractivity (Wildman–Crippen MR) is 192 cm³/mol. The molecule has 0 radical (unpaired) electrons. The third kappa shape index (κ3) is 4.86. The van der Waals surface area contributed by atoms with Gasteiger partial charge in [0.05, 0.1) is 26.1 Å². The summed E-state index contributed by atoms with van der Waals surface area (Å²) in [5.74, 6) is 5.86. The number of hydrogen-bond donors (Lipinski definition) is 0. The first-order valence-corrected chi connectivity index (χ1v) is 19.4. The molecule has 4 aliphatic heterocycles. The Hall–Kier alpha value is -4.16. The van der Waals surface area contributed by atoms with Gasteiger partial charge in [-0.3, -0.25) is 0 Å². The molecule has 4 aromatic heterocycles. The second-order valence-electron chi connectivity index (χ2n) is 11.8. The number of fused-ring (bicyclic) bond motifs is 4. The van der Waals surface area contributed by atoms with Crippen LogP contribution >= 0.6 is 45.3 Å². The van der Waals surface area contributed by atoms with E-state index in [0.29, 0.717) is 39.6 Å². The minimum atomic E-state index is 0.530. The van der Waals surface area contributed by atoms with Crippen LogP contribution in [0, 0.1) is 0 Å². The molecule has 0 unspecified atom stereocenters. The molecule has 0 amide bonds. The average Bonchev–Trinajstić information content (AvgIpc) is 3.95. The van der Waals surface area contributed by atoms with Crippen LogP contribution in [0.4, 0.5) is 0 Å². The Morgan fingerprint density at radius 2 is 0.708 bits per heavy atom. The smallest absolute Gasteiger partial charge is 0.179 e. The molecule has 8 heterocycles. The van der Waals surface area contributed by atoms with Crippen molar-refractivity contribution in [2.75, 3.05) is 46.2 Å². The monoisotopic (exact) mass is 712 g/mol. The van der Waals surface area contributed by atoms with Crippen molar-refractivity contribution in [1.29, 1.82) is 0 Å². The SMILES string of the molecule is c1c(-c2cc(-c3scc4c3OCCO4)cc(-c3scc4c3OCCO4)c2)cc(-c2scc3c2OCCO3)cc1-c1scc2c1OCCC2. The van der Waals surface area contributed by atoms with Gasteiger partial charge in [-0.05, 0) is 88.0 Å². The molecular weight excluding hydrogens is 685 g/mol. The number of thiophene rings is 4. The standard InChI is InChI=1S/C37H28O7S4/c1-2-20-16-45-34(30(20)41-3-1)23-10-21(11-24(14-23)35-31-27(17-46-35)38-4-7-42-31)22-12-25(36-32-28(18-47-36)39-5-8-43-32)15-26(13-22)37-33-29(19-48-37)40-6-9-44-33/h10-19H,1-9H2. The van der Waals surface area contributed by atoms with Crippen LogP contribution in [0.25, 0.3) is 52.9 Å². The Morgan fingerprint density at radius 3 is 1.17 bits per heavy atom. The van der Waals surface area contributed by atoms with Gasteiger partial charge < -0.3 is 33.2 Å². The first-order chi connectivity index (χ1) is 23.8. The maximum atomic E-state index is 6.28. The lowest BCUT2D eigenvalue weighted by Gasteiger charge is -2.19. The quantitative estimate of drug-likeness (QED) is 0.176. The molecular formula is C37H28O7S4. The number of aryl methyl sites for hydroxylation is 1. The number of rotatable bonds is 5. The fraction of sp³-hybridized carbons (Fsp3) is 0.243. The number of hydrogen-bond acceptors (Lipinski definition) is 11. The minimum Gasteiger partial charge on any atom is -0.492 e. The highest BCUT2D eigenvalue weighted by molar-refractivity contribution is 7.15. The van der Waals surface area contributed by atoms with Crippen LogP contribution in [0.5, 0.6) is 40.2 Å². The van der Waals surface area contributed by atoms with E-state index < -0.39 is 0 Å². The largest absolute Gasteiger partial charge is 0.492 e. The van der Waals surface area contributed by atoms with Crippen molar-refractivity contribution in [3.63, 3.8) is 0 Å². The van der Waals surface area contributed by atoms with Gasteiger partial charge in [0.1, 0.15) is 45.4 Å². The van der Waals surface area contributed by atoms with Crippen LogP contribution < -0.4 is 33.2 Å². The molecule has 10 rings (SSSR count). The Labute approximate surface area is 292 Å². The van der Waals surface area contributed by atoms with Crippen LogP contribution in [0.3, 0.4) is 0 Å².